The summed E-state index contributed by atoms with van der Waals surface area (Å²) in [5.74, 6) is 1.66. The topological polar surface area (TPSA) is 0 Å². The molecule has 0 aliphatic heterocycles. The predicted molar refractivity (Wildman–Crippen MR) is 131 cm³/mol. The van der Waals surface area contributed by atoms with Gasteiger partial charge in [-0.05, 0) is 63.5 Å². The molecule has 2 aromatic rings. The van der Waals surface area contributed by atoms with Crippen molar-refractivity contribution in [2.24, 2.45) is 0 Å². The van der Waals surface area contributed by atoms with E-state index in [9.17, 15) is 0 Å². The second kappa shape index (κ2) is 11.2. The van der Waals surface area contributed by atoms with Crippen molar-refractivity contribution in [3.05, 3.63) is 53.1 Å². The van der Waals surface area contributed by atoms with Crippen LogP contribution >= 0.6 is 8.58 Å². The highest BCUT2D eigenvalue weighted by Gasteiger charge is 2.23. The Balaban J connectivity index is 2.63. The van der Waals surface area contributed by atoms with Gasteiger partial charge in [0.1, 0.15) is 0 Å². The standard InChI is InChI=1S/C27H41P/c1-8-9-10-14-17-28-27-24(20(4)5)18-23(19(2)3)26(25(27)21(6)7)22-15-12-11-13-16-22/h11-13,15-16,18-21,28H,8-10,14,17H2,1-7H3. The van der Waals surface area contributed by atoms with Gasteiger partial charge in [-0.25, -0.2) is 0 Å². The molecule has 0 fully saturated rings. The molecule has 0 nitrogen and oxygen atoms in total. The Morgan fingerprint density at radius 2 is 1.39 bits per heavy atom. The van der Waals surface area contributed by atoms with E-state index in [1.165, 1.54) is 48.5 Å². The van der Waals surface area contributed by atoms with Gasteiger partial charge in [0.2, 0.25) is 0 Å². The molecular weight excluding hydrogens is 355 g/mol. The second-order valence-corrected chi connectivity index (χ2v) is 10.4. The van der Waals surface area contributed by atoms with Crippen LogP contribution in [-0.4, -0.2) is 6.16 Å². The molecule has 154 valence electrons. The lowest BCUT2D eigenvalue weighted by molar-refractivity contribution is 0.706. The minimum absolute atomic E-state index is 0.534. The zero-order valence-corrected chi connectivity index (χ0v) is 20.2. The molecule has 1 atom stereocenters. The molecule has 1 unspecified atom stereocenters. The fraction of sp³-hybridized carbons (Fsp3) is 0.556. The number of hydrogen-bond acceptors (Lipinski definition) is 0. The predicted octanol–water partition coefficient (Wildman–Crippen LogP) is 8.61. The van der Waals surface area contributed by atoms with Gasteiger partial charge in [-0.1, -0.05) is 113 Å². The van der Waals surface area contributed by atoms with E-state index >= 15 is 0 Å². The zero-order chi connectivity index (χ0) is 20.7. The Bertz CT molecular complexity index is 726. The van der Waals surface area contributed by atoms with Crippen LogP contribution in [0.1, 0.15) is 109 Å². The maximum atomic E-state index is 2.55. The summed E-state index contributed by atoms with van der Waals surface area (Å²) in [6, 6.07) is 13.7. The molecule has 28 heavy (non-hydrogen) atoms. The molecule has 2 aromatic carbocycles. The van der Waals surface area contributed by atoms with Gasteiger partial charge in [-0.3, -0.25) is 0 Å². The summed E-state index contributed by atoms with van der Waals surface area (Å²) >= 11 is 0. The molecule has 0 aliphatic rings. The molecule has 2 rings (SSSR count). The first-order valence-corrected chi connectivity index (χ1v) is 12.6. The van der Waals surface area contributed by atoms with Crippen molar-refractivity contribution in [1.29, 1.82) is 0 Å². The van der Waals surface area contributed by atoms with E-state index in [4.69, 9.17) is 0 Å². The van der Waals surface area contributed by atoms with E-state index in [0.717, 1.165) is 8.58 Å². The van der Waals surface area contributed by atoms with E-state index in [0.29, 0.717) is 17.8 Å². The Labute approximate surface area is 176 Å². The van der Waals surface area contributed by atoms with Crippen molar-refractivity contribution < 1.29 is 0 Å². The first-order valence-electron chi connectivity index (χ1n) is 11.4. The van der Waals surface area contributed by atoms with Gasteiger partial charge in [-0.2, -0.15) is 0 Å². The summed E-state index contributed by atoms with van der Waals surface area (Å²) in [4.78, 5) is 0. The van der Waals surface area contributed by atoms with Crippen LogP contribution in [0, 0.1) is 0 Å². The van der Waals surface area contributed by atoms with Gasteiger partial charge in [0.15, 0.2) is 0 Å². The van der Waals surface area contributed by atoms with Crippen molar-refractivity contribution in [1.82, 2.24) is 0 Å². The maximum Gasteiger partial charge on any atom is -0.0108 e. The summed E-state index contributed by atoms with van der Waals surface area (Å²) in [6.07, 6.45) is 6.79. The van der Waals surface area contributed by atoms with Crippen LogP contribution < -0.4 is 5.30 Å². The van der Waals surface area contributed by atoms with Crippen molar-refractivity contribution in [3.63, 3.8) is 0 Å². The largest absolute Gasteiger partial charge is 0.0897 e. The third-order valence-electron chi connectivity index (χ3n) is 5.64. The van der Waals surface area contributed by atoms with Crippen LogP contribution in [0.4, 0.5) is 0 Å². The average Bonchev–Trinajstić information content (AvgIpc) is 2.67. The van der Waals surface area contributed by atoms with Gasteiger partial charge in [-0.15, -0.1) is 0 Å². The molecule has 1 heteroatoms. The molecule has 0 aliphatic carbocycles. The van der Waals surface area contributed by atoms with Gasteiger partial charge < -0.3 is 0 Å². The maximum absolute atomic E-state index is 2.55. The van der Waals surface area contributed by atoms with Crippen LogP contribution in [0.15, 0.2) is 36.4 Å². The first-order chi connectivity index (χ1) is 13.4. The molecule has 0 spiro atoms. The van der Waals surface area contributed by atoms with Gasteiger partial charge in [0.05, 0.1) is 0 Å². The van der Waals surface area contributed by atoms with Crippen molar-refractivity contribution >= 4 is 13.9 Å². The lowest BCUT2D eigenvalue weighted by Gasteiger charge is -2.28. The minimum atomic E-state index is 0.534. The lowest BCUT2D eigenvalue weighted by Crippen LogP contribution is -2.18. The zero-order valence-electron chi connectivity index (χ0n) is 19.2. The van der Waals surface area contributed by atoms with Crippen LogP contribution in [0.3, 0.4) is 0 Å². The quantitative estimate of drug-likeness (QED) is 0.278. The van der Waals surface area contributed by atoms with Crippen molar-refractivity contribution in [2.75, 3.05) is 6.16 Å². The fourth-order valence-corrected chi connectivity index (χ4v) is 5.97. The number of rotatable bonds is 10. The van der Waals surface area contributed by atoms with E-state index in [1.54, 1.807) is 16.4 Å². The molecule has 0 saturated carbocycles. The van der Waals surface area contributed by atoms with Gasteiger partial charge in [0.25, 0.3) is 0 Å². The molecule has 0 radical (unpaired) electrons. The second-order valence-electron chi connectivity index (χ2n) is 9.04. The lowest BCUT2D eigenvalue weighted by atomic mass is 9.81. The molecule has 0 aromatic heterocycles. The molecule has 0 saturated heterocycles. The molecular formula is C27H41P. The Morgan fingerprint density at radius 1 is 0.750 bits per heavy atom. The number of hydrogen-bond donors (Lipinski definition) is 0. The summed E-state index contributed by atoms with van der Waals surface area (Å²) < 4.78 is 0. The molecule has 0 N–H and O–H groups in total. The first kappa shape index (κ1) is 23.2. The fourth-order valence-electron chi connectivity index (χ4n) is 4.13. The van der Waals surface area contributed by atoms with Crippen LogP contribution in [0.2, 0.25) is 0 Å². The normalized spacial score (nSPS) is 12.2. The van der Waals surface area contributed by atoms with Crippen LogP contribution in [0.25, 0.3) is 11.1 Å². The summed E-state index contributed by atoms with van der Waals surface area (Å²) in [5, 5.41) is 1.67. The number of unbranched alkanes of at least 4 members (excludes halogenated alkanes) is 3. The monoisotopic (exact) mass is 396 g/mol. The van der Waals surface area contributed by atoms with E-state index in [1.807, 2.05) is 0 Å². The average molecular weight is 397 g/mol. The molecule has 0 amide bonds. The third-order valence-corrected chi connectivity index (χ3v) is 7.16. The smallest absolute Gasteiger partial charge is 0.0108 e. The number of benzene rings is 2. The summed E-state index contributed by atoms with van der Waals surface area (Å²) in [7, 11) is 0.930. The summed E-state index contributed by atoms with van der Waals surface area (Å²) in [6.45, 7) is 16.5. The Hall–Kier alpha value is -1.13. The summed E-state index contributed by atoms with van der Waals surface area (Å²) in [5.41, 5.74) is 7.65. The van der Waals surface area contributed by atoms with E-state index in [-0.39, 0.29) is 0 Å². The van der Waals surface area contributed by atoms with Crippen molar-refractivity contribution in [3.8, 4) is 11.1 Å². The Kier molecular flexibility index (Phi) is 9.23. The third kappa shape index (κ3) is 5.70. The van der Waals surface area contributed by atoms with Crippen LogP contribution in [-0.2, 0) is 0 Å². The van der Waals surface area contributed by atoms with E-state index in [2.05, 4.69) is 84.9 Å². The van der Waals surface area contributed by atoms with Crippen molar-refractivity contribution in [2.45, 2.75) is 91.9 Å². The highest BCUT2D eigenvalue weighted by Crippen LogP contribution is 2.40. The Morgan fingerprint density at radius 3 is 1.93 bits per heavy atom. The highest BCUT2D eigenvalue weighted by atomic mass is 31.1. The minimum Gasteiger partial charge on any atom is -0.0897 e. The molecule has 0 heterocycles. The van der Waals surface area contributed by atoms with Gasteiger partial charge >= 0.3 is 0 Å². The molecule has 0 bridgehead atoms. The van der Waals surface area contributed by atoms with Gasteiger partial charge in [0, 0.05) is 0 Å². The van der Waals surface area contributed by atoms with Crippen LogP contribution in [0.5, 0.6) is 0 Å². The SMILES string of the molecule is CCCCCCPc1c(C(C)C)cc(C(C)C)c(-c2ccccc2)c1C(C)C. The van der Waals surface area contributed by atoms with E-state index < -0.39 is 0 Å². The highest BCUT2D eigenvalue weighted by molar-refractivity contribution is 7.47.